The molecule has 5 heteroatoms. The van der Waals surface area contributed by atoms with Gasteiger partial charge in [0.2, 0.25) is 5.91 Å². The Kier molecular flexibility index (Phi) is 4.80. The standard InChI is InChI=1S/C14H23NO4/c1-19-9-8-15(10-6-7-10)13(16)11-4-2-3-5-12(11)14(17)18/h10-12H,2-9H2,1H3,(H,17,18)/t11-,12+/m1/s1. The Morgan fingerprint density at radius 1 is 1.16 bits per heavy atom. The number of rotatable bonds is 6. The maximum absolute atomic E-state index is 12.6. The van der Waals surface area contributed by atoms with Crippen molar-refractivity contribution in [3.63, 3.8) is 0 Å². The van der Waals surface area contributed by atoms with Crippen LogP contribution in [0.2, 0.25) is 0 Å². The lowest BCUT2D eigenvalue weighted by Crippen LogP contribution is -2.44. The molecule has 0 aliphatic heterocycles. The van der Waals surface area contributed by atoms with Crippen molar-refractivity contribution in [1.82, 2.24) is 4.90 Å². The lowest BCUT2D eigenvalue weighted by atomic mass is 9.78. The van der Waals surface area contributed by atoms with Crippen molar-refractivity contribution in [2.75, 3.05) is 20.3 Å². The van der Waals surface area contributed by atoms with Gasteiger partial charge < -0.3 is 14.7 Å². The fraction of sp³-hybridized carbons (Fsp3) is 0.857. The van der Waals surface area contributed by atoms with Crippen LogP contribution in [-0.4, -0.2) is 48.2 Å². The molecule has 0 aromatic carbocycles. The number of carboxylic acid groups (broad SMARTS) is 1. The highest BCUT2D eigenvalue weighted by atomic mass is 16.5. The maximum atomic E-state index is 12.6. The van der Waals surface area contributed by atoms with E-state index in [-0.39, 0.29) is 11.8 Å². The summed E-state index contributed by atoms with van der Waals surface area (Å²) in [5, 5.41) is 9.27. The summed E-state index contributed by atoms with van der Waals surface area (Å²) in [7, 11) is 1.62. The van der Waals surface area contributed by atoms with Crippen molar-refractivity contribution in [2.45, 2.75) is 44.6 Å². The number of carbonyl (C=O) groups excluding carboxylic acids is 1. The minimum absolute atomic E-state index is 0.0339. The predicted octanol–water partition coefficient (Wildman–Crippen LogP) is 1.51. The van der Waals surface area contributed by atoms with E-state index in [0.717, 1.165) is 25.7 Å². The van der Waals surface area contributed by atoms with Crippen LogP contribution in [0, 0.1) is 11.8 Å². The quantitative estimate of drug-likeness (QED) is 0.794. The average Bonchev–Trinajstić information content (AvgIpc) is 3.23. The number of nitrogens with zero attached hydrogens (tertiary/aromatic N) is 1. The number of amides is 1. The smallest absolute Gasteiger partial charge is 0.307 e. The zero-order chi connectivity index (χ0) is 13.8. The summed E-state index contributed by atoms with van der Waals surface area (Å²) in [6, 6.07) is 0.319. The number of hydrogen-bond donors (Lipinski definition) is 1. The Morgan fingerprint density at radius 2 is 1.79 bits per heavy atom. The van der Waals surface area contributed by atoms with Crippen molar-refractivity contribution in [2.24, 2.45) is 11.8 Å². The Bertz CT molecular complexity index is 340. The van der Waals surface area contributed by atoms with Gasteiger partial charge in [0, 0.05) is 19.7 Å². The van der Waals surface area contributed by atoms with Crippen LogP contribution < -0.4 is 0 Å². The third kappa shape index (κ3) is 3.47. The summed E-state index contributed by atoms with van der Waals surface area (Å²) in [4.78, 5) is 25.8. The Balaban J connectivity index is 2.03. The van der Waals surface area contributed by atoms with Gasteiger partial charge >= 0.3 is 5.97 Å². The fourth-order valence-corrected chi connectivity index (χ4v) is 2.98. The van der Waals surface area contributed by atoms with E-state index in [4.69, 9.17) is 4.74 Å². The van der Waals surface area contributed by atoms with Crippen LogP contribution >= 0.6 is 0 Å². The van der Waals surface area contributed by atoms with E-state index < -0.39 is 11.9 Å². The first-order valence-electron chi connectivity index (χ1n) is 7.17. The highest BCUT2D eigenvalue weighted by Gasteiger charge is 2.41. The second-order valence-corrected chi connectivity index (χ2v) is 5.59. The average molecular weight is 269 g/mol. The molecule has 0 saturated heterocycles. The summed E-state index contributed by atoms with van der Waals surface area (Å²) < 4.78 is 5.05. The Labute approximate surface area is 113 Å². The molecule has 1 N–H and O–H groups in total. The van der Waals surface area contributed by atoms with Crippen LogP contribution in [0.4, 0.5) is 0 Å². The molecule has 108 valence electrons. The summed E-state index contributed by atoms with van der Waals surface area (Å²) in [5.41, 5.74) is 0. The topological polar surface area (TPSA) is 66.8 Å². The molecule has 0 aromatic heterocycles. The molecule has 2 aliphatic rings. The number of carbonyl (C=O) groups is 2. The molecular weight excluding hydrogens is 246 g/mol. The van der Waals surface area contributed by atoms with Crippen molar-refractivity contribution >= 4 is 11.9 Å². The van der Waals surface area contributed by atoms with Crippen molar-refractivity contribution in [3.8, 4) is 0 Å². The minimum atomic E-state index is -0.819. The molecule has 19 heavy (non-hydrogen) atoms. The van der Waals surface area contributed by atoms with Gasteiger partial charge in [0.1, 0.15) is 0 Å². The number of methoxy groups -OCH3 is 1. The maximum Gasteiger partial charge on any atom is 0.307 e. The molecule has 0 aromatic rings. The van der Waals surface area contributed by atoms with Crippen LogP contribution in [0.5, 0.6) is 0 Å². The van der Waals surface area contributed by atoms with E-state index in [1.165, 1.54) is 0 Å². The molecule has 0 heterocycles. The molecule has 0 bridgehead atoms. The van der Waals surface area contributed by atoms with Gasteiger partial charge in [-0.2, -0.15) is 0 Å². The lowest BCUT2D eigenvalue weighted by Gasteiger charge is -2.32. The van der Waals surface area contributed by atoms with E-state index >= 15 is 0 Å². The first-order valence-corrected chi connectivity index (χ1v) is 7.17. The first-order chi connectivity index (χ1) is 9.15. The Hall–Kier alpha value is -1.10. The molecular formula is C14H23NO4. The van der Waals surface area contributed by atoms with Gasteiger partial charge in [-0.1, -0.05) is 12.8 Å². The number of ether oxygens (including phenoxy) is 1. The largest absolute Gasteiger partial charge is 0.481 e. The summed E-state index contributed by atoms with van der Waals surface area (Å²) >= 11 is 0. The molecule has 2 aliphatic carbocycles. The van der Waals surface area contributed by atoms with E-state index in [0.29, 0.717) is 32.0 Å². The van der Waals surface area contributed by atoms with E-state index in [9.17, 15) is 14.7 Å². The minimum Gasteiger partial charge on any atom is -0.481 e. The molecule has 2 fully saturated rings. The normalized spacial score (nSPS) is 27.0. The van der Waals surface area contributed by atoms with Crippen LogP contribution in [0.3, 0.4) is 0 Å². The van der Waals surface area contributed by atoms with Gasteiger partial charge in [0.15, 0.2) is 0 Å². The van der Waals surface area contributed by atoms with Gasteiger partial charge in [-0.15, -0.1) is 0 Å². The number of aliphatic carboxylic acids is 1. The van der Waals surface area contributed by atoms with Gasteiger partial charge in [0.25, 0.3) is 0 Å². The molecule has 1 amide bonds. The number of hydrogen-bond acceptors (Lipinski definition) is 3. The molecule has 5 nitrogen and oxygen atoms in total. The predicted molar refractivity (Wildman–Crippen MR) is 69.7 cm³/mol. The van der Waals surface area contributed by atoms with E-state index in [2.05, 4.69) is 0 Å². The third-order valence-corrected chi connectivity index (χ3v) is 4.21. The van der Waals surface area contributed by atoms with Crippen LogP contribution in [0.1, 0.15) is 38.5 Å². The zero-order valence-corrected chi connectivity index (χ0v) is 11.5. The zero-order valence-electron chi connectivity index (χ0n) is 11.5. The molecule has 2 atom stereocenters. The monoisotopic (exact) mass is 269 g/mol. The van der Waals surface area contributed by atoms with Crippen LogP contribution in [0.15, 0.2) is 0 Å². The molecule has 0 unspecified atom stereocenters. The lowest BCUT2D eigenvalue weighted by molar-refractivity contribution is -0.152. The SMILES string of the molecule is COCCN(C(=O)[C@@H]1CCCC[C@@H]1C(=O)O)C1CC1. The molecule has 0 spiro atoms. The third-order valence-electron chi connectivity index (χ3n) is 4.21. The number of carboxylic acids is 1. The van der Waals surface area contributed by atoms with Crippen molar-refractivity contribution < 1.29 is 19.4 Å². The van der Waals surface area contributed by atoms with Gasteiger partial charge in [-0.05, 0) is 25.7 Å². The van der Waals surface area contributed by atoms with Crippen LogP contribution in [0.25, 0.3) is 0 Å². The summed E-state index contributed by atoms with van der Waals surface area (Å²) in [6.45, 7) is 1.11. The van der Waals surface area contributed by atoms with E-state index in [1.54, 1.807) is 7.11 Å². The highest BCUT2D eigenvalue weighted by Crippen LogP contribution is 2.35. The van der Waals surface area contributed by atoms with Crippen molar-refractivity contribution in [1.29, 1.82) is 0 Å². The molecule has 2 saturated carbocycles. The van der Waals surface area contributed by atoms with Crippen LogP contribution in [-0.2, 0) is 14.3 Å². The Morgan fingerprint density at radius 3 is 2.32 bits per heavy atom. The molecule has 0 radical (unpaired) electrons. The summed E-state index contributed by atoms with van der Waals surface area (Å²) in [5.74, 6) is -1.61. The summed E-state index contributed by atoms with van der Waals surface area (Å²) in [6.07, 6.45) is 5.31. The van der Waals surface area contributed by atoms with Gasteiger partial charge in [0.05, 0.1) is 18.4 Å². The fourth-order valence-electron chi connectivity index (χ4n) is 2.98. The first kappa shape index (κ1) is 14.3. The van der Waals surface area contributed by atoms with Gasteiger partial charge in [-0.25, -0.2) is 0 Å². The van der Waals surface area contributed by atoms with Gasteiger partial charge in [-0.3, -0.25) is 9.59 Å². The highest BCUT2D eigenvalue weighted by molar-refractivity contribution is 5.85. The van der Waals surface area contributed by atoms with Crippen molar-refractivity contribution in [3.05, 3.63) is 0 Å². The second-order valence-electron chi connectivity index (χ2n) is 5.59. The molecule has 2 rings (SSSR count). The van der Waals surface area contributed by atoms with E-state index in [1.807, 2.05) is 4.90 Å². The second kappa shape index (κ2) is 6.37.